The van der Waals surface area contributed by atoms with Gasteiger partial charge in [0.15, 0.2) is 0 Å². The van der Waals surface area contributed by atoms with Crippen molar-refractivity contribution in [2.24, 2.45) is 5.73 Å². The number of carbonyl (C=O) groups excluding carboxylic acids is 1. The Bertz CT molecular complexity index is 456. The molecule has 0 spiro atoms. The van der Waals surface area contributed by atoms with E-state index in [1.54, 1.807) is 0 Å². The fourth-order valence-electron chi connectivity index (χ4n) is 2.10. The predicted octanol–water partition coefficient (Wildman–Crippen LogP) is 1.92. The van der Waals surface area contributed by atoms with Crippen LogP contribution in [0.25, 0.3) is 0 Å². The first-order chi connectivity index (χ1) is 9.64. The van der Waals surface area contributed by atoms with Gasteiger partial charge in [-0.05, 0) is 31.4 Å². The lowest BCUT2D eigenvalue weighted by atomic mass is 9.90. The second kappa shape index (κ2) is 6.72. The Hall–Kier alpha value is -1.59. The molecule has 110 valence electrons. The summed E-state index contributed by atoms with van der Waals surface area (Å²) in [7, 11) is 0. The van der Waals surface area contributed by atoms with Crippen molar-refractivity contribution in [3.8, 4) is 5.75 Å². The summed E-state index contributed by atoms with van der Waals surface area (Å²) in [5, 5.41) is 2.87. The zero-order chi connectivity index (χ0) is 14.4. The van der Waals surface area contributed by atoms with Gasteiger partial charge < -0.3 is 20.5 Å². The first-order valence-electron chi connectivity index (χ1n) is 7.05. The van der Waals surface area contributed by atoms with Crippen LogP contribution in [0.3, 0.4) is 0 Å². The molecule has 1 aliphatic heterocycles. The van der Waals surface area contributed by atoms with Gasteiger partial charge in [0, 0.05) is 25.0 Å². The highest BCUT2D eigenvalue weighted by molar-refractivity contribution is 5.98. The molecule has 1 aromatic carbocycles. The van der Waals surface area contributed by atoms with Crippen LogP contribution in [-0.4, -0.2) is 31.3 Å². The number of benzene rings is 1. The van der Waals surface area contributed by atoms with Crippen LogP contribution >= 0.6 is 0 Å². The number of anilines is 1. The minimum atomic E-state index is -0.835. The van der Waals surface area contributed by atoms with Crippen LogP contribution in [-0.2, 0) is 9.53 Å². The molecule has 1 heterocycles. The van der Waals surface area contributed by atoms with Gasteiger partial charge in [0.05, 0.1) is 6.61 Å². The Labute approximate surface area is 119 Å². The number of nitrogens with one attached hydrogen (secondary N) is 1. The summed E-state index contributed by atoms with van der Waals surface area (Å²) in [4.78, 5) is 12.3. The van der Waals surface area contributed by atoms with E-state index in [4.69, 9.17) is 15.2 Å². The number of rotatable bonds is 5. The third-order valence-electron chi connectivity index (χ3n) is 3.40. The largest absolute Gasteiger partial charge is 0.494 e. The van der Waals surface area contributed by atoms with Gasteiger partial charge in [-0.25, -0.2) is 0 Å². The van der Waals surface area contributed by atoms with E-state index >= 15 is 0 Å². The SMILES string of the molecule is CCCOc1cccc(NC(=O)C2(N)CCOCC2)c1. The van der Waals surface area contributed by atoms with E-state index in [0.717, 1.165) is 12.2 Å². The molecule has 0 saturated carbocycles. The molecule has 3 N–H and O–H groups in total. The van der Waals surface area contributed by atoms with Crippen molar-refractivity contribution in [1.82, 2.24) is 0 Å². The topological polar surface area (TPSA) is 73.6 Å². The summed E-state index contributed by atoms with van der Waals surface area (Å²) in [5.41, 5.74) is 6.02. The van der Waals surface area contributed by atoms with E-state index in [1.165, 1.54) is 0 Å². The third-order valence-corrected chi connectivity index (χ3v) is 3.40. The molecule has 0 atom stereocenters. The van der Waals surface area contributed by atoms with E-state index in [0.29, 0.717) is 38.3 Å². The summed E-state index contributed by atoms with van der Waals surface area (Å²) in [5.74, 6) is 0.594. The summed E-state index contributed by atoms with van der Waals surface area (Å²) in [6.07, 6.45) is 2.04. The second-order valence-electron chi connectivity index (χ2n) is 5.10. The second-order valence-corrected chi connectivity index (χ2v) is 5.10. The first-order valence-corrected chi connectivity index (χ1v) is 7.05. The maximum absolute atomic E-state index is 12.3. The number of nitrogens with two attached hydrogens (primary N) is 1. The molecule has 1 saturated heterocycles. The fourth-order valence-corrected chi connectivity index (χ4v) is 2.10. The van der Waals surface area contributed by atoms with Crippen LogP contribution in [0.5, 0.6) is 5.75 Å². The van der Waals surface area contributed by atoms with E-state index in [2.05, 4.69) is 12.2 Å². The lowest BCUT2D eigenvalue weighted by Crippen LogP contribution is -2.54. The maximum atomic E-state index is 12.3. The van der Waals surface area contributed by atoms with Gasteiger partial charge >= 0.3 is 0 Å². The maximum Gasteiger partial charge on any atom is 0.244 e. The molecule has 0 aromatic heterocycles. The molecule has 0 bridgehead atoms. The minimum absolute atomic E-state index is 0.159. The monoisotopic (exact) mass is 278 g/mol. The van der Waals surface area contributed by atoms with Crippen molar-refractivity contribution in [3.63, 3.8) is 0 Å². The molecule has 5 heteroatoms. The average molecular weight is 278 g/mol. The molecule has 1 aliphatic rings. The third kappa shape index (κ3) is 3.71. The highest BCUT2D eigenvalue weighted by Crippen LogP contribution is 2.22. The number of ether oxygens (including phenoxy) is 2. The molecular formula is C15H22N2O3. The molecule has 5 nitrogen and oxygen atoms in total. The Morgan fingerprint density at radius 2 is 2.20 bits per heavy atom. The number of amides is 1. The van der Waals surface area contributed by atoms with Crippen molar-refractivity contribution >= 4 is 11.6 Å². The predicted molar refractivity (Wildman–Crippen MR) is 77.8 cm³/mol. The fraction of sp³-hybridized carbons (Fsp3) is 0.533. The Morgan fingerprint density at radius 3 is 2.90 bits per heavy atom. The highest BCUT2D eigenvalue weighted by Gasteiger charge is 2.35. The Morgan fingerprint density at radius 1 is 1.45 bits per heavy atom. The van der Waals surface area contributed by atoms with Crippen molar-refractivity contribution in [1.29, 1.82) is 0 Å². The quantitative estimate of drug-likeness (QED) is 0.863. The van der Waals surface area contributed by atoms with Gasteiger partial charge in [0.2, 0.25) is 5.91 Å². The van der Waals surface area contributed by atoms with E-state index < -0.39 is 5.54 Å². The van der Waals surface area contributed by atoms with Gasteiger partial charge in [-0.15, -0.1) is 0 Å². The molecule has 0 aliphatic carbocycles. The molecule has 0 unspecified atom stereocenters. The Balaban J connectivity index is 2.00. The zero-order valence-electron chi connectivity index (χ0n) is 11.9. The van der Waals surface area contributed by atoms with Crippen LogP contribution < -0.4 is 15.8 Å². The Kier molecular flexibility index (Phi) is 4.98. The van der Waals surface area contributed by atoms with Crippen molar-refractivity contribution in [2.45, 2.75) is 31.7 Å². The zero-order valence-corrected chi connectivity index (χ0v) is 11.9. The minimum Gasteiger partial charge on any atom is -0.494 e. The van der Waals surface area contributed by atoms with Gasteiger partial charge in [0.25, 0.3) is 0 Å². The highest BCUT2D eigenvalue weighted by atomic mass is 16.5. The summed E-state index contributed by atoms with van der Waals surface area (Å²) < 4.78 is 10.8. The smallest absolute Gasteiger partial charge is 0.244 e. The molecule has 0 radical (unpaired) electrons. The standard InChI is InChI=1S/C15H22N2O3/c1-2-8-20-13-5-3-4-12(11-13)17-14(18)15(16)6-9-19-10-7-15/h3-5,11H,2,6-10,16H2,1H3,(H,17,18). The lowest BCUT2D eigenvalue weighted by Gasteiger charge is -2.31. The summed E-state index contributed by atoms with van der Waals surface area (Å²) in [6.45, 7) is 3.78. The number of hydrogen-bond acceptors (Lipinski definition) is 4. The van der Waals surface area contributed by atoms with Crippen LogP contribution in [0.1, 0.15) is 26.2 Å². The van der Waals surface area contributed by atoms with Crippen LogP contribution in [0.15, 0.2) is 24.3 Å². The molecule has 20 heavy (non-hydrogen) atoms. The number of carbonyl (C=O) groups is 1. The molecule has 1 fully saturated rings. The van der Waals surface area contributed by atoms with Gasteiger partial charge in [-0.3, -0.25) is 4.79 Å². The van der Waals surface area contributed by atoms with Crippen molar-refractivity contribution < 1.29 is 14.3 Å². The van der Waals surface area contributed by atoms with Gasteiger partial charge in [-0.1, -0.05) is 13.0 Å². The lowest BCUT2D eigenvalue weighted by molar-refractivity contribution is -0.124. The molecular weight excluding hydrogens is 256 g/mol. The summed E-state index contributed by atoms with van der Waals surface area (Å²) in [6, 6.07) is 7.38. The normalized spacial score (nSPS) is 17.5. The van der Waals surface area contributed by atoms with E-state index in [1.807, 2.05) is 24.3 Å². The average Bonchev–Trinajstić information content (AvgIpc) is 2.46. The van der Waals surface area contributed by atoms with Crippen LogP contribution in [0.2, 0.25) is 0 Å². The van der Waals surface area contributed by atoms with Gasteiger partial charge in [-0.2, -0.15) is 0 Å². The van der Waals surface area contributed by atoms with Crippen molar-refractivity contribution in [2.75, 3.05) is 25.1 Å². The summed E-state index contributed by atoms with van der Waals surface area (Å²) >= 11 is 0. The molecule has 1 aromatic rings. The van der Waals surface area contributed by atoms with Gasteiger partial charge in [0.1, 0.15) is 11.3 Å². The van der Waals surface area contributed by atoms with E-state index in [9.17, 15) is 4.79 Å². The van der Waals surface area contributed by atoms with Crippen LogP contribution in [0, 0.1) is 0 Å². The number of hydrogen-bond donors (Lipinski definition) is 2. The molecule has 1 amide bonds. The molecule has 2 rings (SSSR count). The first kappa shape index (κ1) is 14.8. The van der Waals surface area contributed by atoms with Crippen LogP contribution in [0.4, 0.5) is 5.69 Å². The van der Waals surface area contributed by atoms with E-state index in [-0.39, 0.29) is 5.91 Å². The van der Waals surface area contributed by atoms with Crippen molar-refractivity contribution in [3.05, 3.63) is 24.3 Å².